The average molecular weight is 494 g/mol. The van der Waals surface area contributed by atoms with Crippen LogP contribution in [0.5, 0.6) is 5.75 Å². The Hall–Kier alpha value is -3.27. The largest absolute Gasteiger partial charge is 0.495 e. The highest BCUT2D eigenvalue weighted by Crippen LogP contribution is 2.30. The van der Waals surface area contributed by atoms with E-state index in [1.165, 1.54) is 67.8 Å². The van der Waals surface area contributed by atoms with Crippen molar-refractivity contribution in [3.05, 3.63) is 81.8 Å². The highest BCUT2D eigenvalue weighted by Gasteiger charge is 2.19. The van der Waals surface area contributed by atoms with Crippen molar-refractivity contribution < 1.29 is 22.7 Å². The normalized spacial score (nSPS) is 11.0. The number of anilines is 2. The first kappa shape index (κ1) is 23.4. The molecule has 0 atom stereocenters. The zero-order chi connectivity index (χ0) is 23.5. The molecule has 8 nitrogen and oxygen atoms in total. The molecule has 0 saturated carbocycles. The van der Waals surface area contributed by atoms with E-state index >= 15 is 0 Å². The fourth-order valence-corrected chi connectivity index (χ4v) is 4.31. The number of nitrogens with one attached hydrogen (secondary N) is 2. The lowest BCUT2D eigenvalue weighted by molar-refractivity contribution is 0.0997. The summed E-state index contributed by atoms with van der Waals surface area (Å²) in [5.41, 5.74) is 5.92. The number of hydrogen-bond acceptors (Lipinski definition) is 5. The van der Waals surface area contributed by atoms with E-state index in [1.807, 2.05) is 0 Å². The van der Waals surface area contributed by atoms with Gasteiger partial charge in [-0.1, -0.05) is 23.2 Å². The monoisotopic (exact) mass is 493 g/mol. The minimum Gasteiger partial charge on any atom is -0.495 e. The summed E-state index contributed by atoms with van der Waals surface area (Å²) in [6.45, 7) is 0. The summed E-state index contributed by atoms with van der Waals surface area (Å²) in [7, 11) is -2.64. The molecule has 2 amide bonds. The first-order chi connectivity index (χ1) is 15.1. The van der Waals surface area contributed by atoms with Crippen LogP contribution in [0.15, 0.2) is 65.6 Å². The van der Waals surface area contributed by atoms with E-state index in [4.69, 9.17) is 33.7 Å². The van der Waals surface area contributed by atoms with E-state index < -0.39 is 21.8 Å². The predicted molar refractivity (Wildman–Crippen MR) is 123 cm³/mol. The lowest BCUT2D eigenvalue weighted by Crippen LogP contribution is -2.16. The first-order valence-electron chi connectivity index (χ1n) is 8.98. The number of halogens is 2. The zero-order valence-electron chi connectivity index (χ0n) is 16.6. The van der Waals surface area contributed by atoms with Crippen LogP contribution in [0.4, 0.5) is 11.4 Å². The second-order valence-electron chi connectivity index (χ2n) is 6.49. The maximum atomic E-state index is 12.8. The molecule has 4 N–H and O–H groups in total. The van der Waals surface area contributed by atoms with Crippen molar-refractivity contribution in [2.24, 2.45) is 5.73 Å². The lowest BCUT2D eigenvalue weighted by Gasteiger charge is -2.14. The molecule has 0 saturated heterocycles. The number of benzene rings is 3. The molecule has 32 heavy (non-hydrogen) atoms. The molecule has 11 heteroatoms. The van der Waals surface area contributed by atoms with Crippen LogP contribution >= 0.6 is 23.2 Å². The van der Waals surface area contributed by atoms with Crippen LogP contribution in [0.1, 0.15) is 20.7 Å². The topological polar surface area (TPSA) is 128 Å². The van der Waals surface area contributed by atoms with E-state index in [2.05, 4.69) is 10.0 Å². The van der Waals surface area contributed by atoms with E-state index in [1.54, 1.807) is 0 Å². The lowest BCUT2D eigenvalue weighted by atomic mass is 10.2. The number of sulfonamides is 1. The minimum atomic E-state index is -4.02. The van der Waals surface area contributed by atoms with Gasteiger partial charge in [0.1, 0.15) is 5.75 Å². The SMILES string of the molecule is COc1ccc(S(=O)(=O)Nc2ccc(C(N)=O)cc2)cc1NC(=O)c1ccc(Cl)cc1Cl. The fourth-order valence-electron chi connectivity index (χ4n) is 2.73. The van der Waals surface area contributed by atoms with Crippen LogP contribution in [0.25, 0.3) is 0 Å². The maximum Gasteiger partial charge on any atom is 0.261 e. The molecule has 0 aromatic heterocycles. The Labute approximate surface area is 194 Å². The van der Waals surface area contributed by atoms with E-state index in [-0.39, 0.29) is 38.2 Å². The quantitative estimate of drug-likeness (QED) is 0.455. The Morgan fingerprint density at radius 2 is 1.66 bits per heavy atom. The van der Waals surface area contributed by atoms with Gasteiger partial charge in [-0.3, -0.25) is 14.3 Å². The summed E-state index contributed by atoms with van der Waals surface area (Å²) in [6.07, 6.45) is 0. The Bertz CT molecular complexity index is 1300. The van der Waals surface area contributed by atoms with Crippen molar-refractivity contribution in [2.75, 3.05) is 17.1 Å². The standard InChI is InChI=1S/C21H17Cl2N3O5S/c1-31-19-9-7-15(32(29,30)26-14-5-2-12(3-6-14)20(24)27)11-18(19)25-21(28)16-8-4-13(22)10-17(16)23/h2-11,26H,1H3,(H2,24,27)(H,25,28). The molecule has 0 unspecified atom stereocenters. The summed E-state index contributed by atoms with van der Waals surface area (Å²) >= 11 is 11.9. The molecule has 0 heterocycles. The van der Waals surface area contributed by atoms with Gasteiger partial charge in [0, 0.05) is 16.3 Å². The maximum absolute atomic E-state index is 12.8. The van der Waals surface area contributed by atoms with Crippen molar-refractivity contribution in [3.8, 4) is 5.75 Å². The van der Waals surface area contributed by atoms with Crippen LogP contribution < -0.4 is 20.5 Å². The van der Waals surface area contributed by atoms with Gasteiger partial charge in [-0.2, -0.15) is 0 Å². The molecular formula is C21H17Cl2N3O5S. The summed E-state index contributed by atoms with van der Waals surface area (Å²) in [5.74, 6) is -0.960. The number of rotatable bonds is 7. The smallest absolute Gasteiger partial charge is 0.261 e. The van der Waals surface area contributed by atoms with Crippen LogP contribution in [0, 0.1) is 0 Å². The van der Waals surface area contributed by atoms with Gasteiger partial charge in [-0.05, 0) is 60.7 Å². The third kappa shape index (κ3) is 5.31. The summed E-state index contributed by atoms with van der Waals surface area (Å²) in [6, 6.07) is 14.0. The van der Waals surface area contributed by atoms with Crippen molar-refractivity contribution in [1.29, 1.82) is 0 Å². The number of ether oxygens (including phenoxy) is 1. The van der Waals surface area contributed by atoms with Gasteiger partial charge in [0.15, 0.2) is 0 Å². The van der Waals surface area contributed by atoms with Crippen molar-refractivity contribution >= 4 is 56.4 Å². The fraction of sp³-hybridized carbons (Fsp3) is 0.0476. The van der Waals surface area contributed by atoms with Gasteiger partial charge in [-0.15, -0.1) is 0 Å². The van der Waals surface area contributed by atoms with Crippen LogP contribution in [0.3, 0.4) is 0 Å². The second kappa shape index (κ2) is 9.47. The Morgan fingerprint density at radius 1 is 0.969 bits per heavy atom. The van der Waals surface area contributed by atoms with Gasteiger partial charge in [0.2, 0.25) is 5.91 Å². The molecule has 3 rings (SSSR count). The summed E-state index contributed by atoms with van der Waals surface area (Å²) in [4.78, 5) is 23.7. The third-order valence-electron chi connectivity index (χ3n) is 4.33. The molecular weight excluding hydrogens is 477 g/mol. The molecule has 166 valence electrons. The van der Waals surface area contributed by atoms with Crippen molar-refractivity contribution in [1.82, 2.24) is 0 Å². The number of methoxy groups -OCH3 is 1. The number of nitrogens with two attached hydrogens (primary N) is 1. The molecule has 3 aromatic carbocycles. The number of carbonyl (C=O) groups excluding carboxylic acids is 2. The molecule has 0 aliphatic carbocycles. The van der Waals surface area contributed by atoms with Crippen LogP contribution in [0.2, 0.25) is 10.0 Å². The average Bonchev–Trinajstić information content (AvgIpc) is 2.73. The Balaban J connectivity index is 1.89. The van der Waals surface area contributed by atoms with Crippen LogP contribution in [-0.4, -0.2) is 27.3 Å². The van der Waals surface area contributed by atoms with Gasteiger partial charge in [-0.25, -0.2) is 8.42 Å². The van der Waals surface area contributed by atoms with Gasteiger partial charge in [0.25, 0.3) is 15.9 Å². The Morgan fingerprint density at radius 3 is 2.25 bits per heavy atom. The number of carbonyl (C=O) groups is 2. The summed E-state index contributed by atoms with van der Waals surface area (Å²) < 4.78 is 33.3. The minimum absolute atomic E-state index is 0.121. The molecule has 0 aliphatic rings. The number of primary amides is 1. The highest BCUT2D eigenvalue weighted by atomic mass is 35.5. The molecule has 0 aliphatic heterocycles. The van der Waals surface area contributed by atoms with Gasteiger partial charge >= 0.3 is 0 Å². The van der Waals surface area contributed by atoms with E-state index in [0.717, 1.165) is 0 Å². The molecule has 0 fully saturated rings. The van der Waals surface area contributed by atoms with Gasteiger partial charge < -0.3 is 15.8 Å². The predicted octanol–water partition coefficient (Wildman–Crippen LogP) is 4.15. The van der Waals surface area contributed by atoms with Crippen molar-refractivity contribution in [3.63, 3.8) is 0 Å². The van der Waals surface area contributed by atoms with E-state index in [0.29, 0.717) is 5.02 Å². The highest BCUT2D eigenvalue weighted by molar-refractivity contribution is 7.92. The number of hydrogen-bond donors (Lipinski definition) is 3. The first-order valence-corrected chi connectivity index (χ1v) is 11.2. The van der Waals surface area contributed by atoms with Crippen molar-refractivity contribution in [2.45, 2.75) is 4.90 Å². The zero-order valence-corrected chi connectivity index (χ0v) is 18.9. The molecule has 0 radical (unpaired) electrons. The number of amides is 2. The third-order valence-corrected chi connectivity index (χ3v) is 6.25. The summed E-state index contributed by atoms with van der Waals surface area (Å²) in [5, 5.41) is 3.10. The second-order valence-corrected chi connectivity index (χ2v) is 9.01. The van der Waals surface area contributed by atoms with Crippen LogP contribution in [-0.2, 0) is 10.0 Å². The molecule has 3 aromatic rings. The Kier molecular flexibility index (Phi) is 6.93. The molecule has 0 bridgehead atoms. The van der Waals surface area contributed by atoms with E-state index in [9.17, 15) is 18.0 Å². The molecule has 0 spiro atoms. The van der Waals surface area contributed by atoms with Gasteiger partial charge in [0.05, 0.1) is 28.3 Å².